The van der Waals surface area contributed by atoms with E-state index in [4.69, 9.17) is 25.8 Å². The highest BCUT2D eigenvalue weighted by molar-refractivity contribution is 7.22. The van der Waals surface area contributed by atoms with Crippen molar-refractivity contribution < 1.29 is 28.9 Å². The van der Waals surface area contributed by atoms with Crippen molar-refractivity contribution in [3.8, 4) is 17.2 Å². The molecule has 0 bridgehead atoms. The number of carbonyl (C=O) groups excluding carboxylic acids is 2. The Balaban J connectivity index is 1.51. The number of aromatic nitrogens is 1. The van der Waals surface area contributed by atoms with E-state index in [0.29, 0.717) is 63.9 Å². The number of hydrogen-bond donors (Lipinski definition) is 1. The first-order valence-corrected chi connectivity index (χ1v) is 13.1. The van der Waals surface area contributed by atoms with E-state index in [-0.39, 0.29) is 11.3 Å². The summed E-state index contributed by atoms with van der Waals surface area (Å²) in [6, 6.07) is 16.2. The van der Waals surface area contributed by atoms with Gasteiger partial charge in [-0.2, -0.15) is 0 Å². The molecule has 6 rings (SSSR count). The molecule has 1 amide bonds. The van der Waals surface area contributed by atoms with E-state index in [1.807, 2.05) is 13.0 Å². The second-order valence-electron chi connectivity index (χ2n) is 8.64. The number of hydrogen-bond acceptors (Lipinski definition) is 8. The molecular formula is C28H21ClN2O6S. The van der Waals surface area contributed by atoms with Gasteiger partial charge in [0.1, 0.15) is 24.7 Å². The van der Waals surface area contributed by atoms with Crippen LogP contribution in [0.3, 0.4) is 0 Å². The number of aliphatic hydroxyl groups is 1. The van der Waals surface area contributed by atoms with Crippen LogP contribution in [0.5, 0.6) is 17.2 Å². The molecule has 0 saturated carbocycles. The first-order valence-electron chi connectivity index (χ1n) is 11.9. The summed E-state index contributed by atoms with van der Waals surface area (Å²) in [5.41, 5.74) is 1.48. The minimum absolute atomic E-state index is 0.0665. The van der Waals surface area contributed by atoms with Crippen molar-refractivity contribution in [1.29, 1.82) is 0 Å². The summed E-state index contributed by atoms with van der Waals surface area (Å²) in [6.07, 6.45) is 0. The van der Waals surface area contributed by atoms with E-state index >= 15 is 0 Å². The van der Waals surface area contributed by atoms with E-state index in [2.05, 4.69) is 4.98 Å². The fraction of sp³-hybridized carbons (Fsp3) is 0.179. The average Bonchev–Trinajstić information content (AvgIpc) is 3.46. The van der Waals surface area contributed by atoms with Gasteiger partial charge in [0.05, 0.1) is 28.4 Å². The molecule has 10 heteroatoms. The van der Waals surface area contributed by atoms with Crippen LogP contribution in [0.25, 0.3) is 16.0 Å². The summed E-state index contributed by atoms with van der Waals surface area (Å²) in [4.78, 5) is 32.9. The topological polar surface area (TPSA) is 98.2 Å². The van der Waals surface area contributed by atoms with Crippen molar-refractivity contribution in [2.45, 2.75) is 13.0 Å². The van der Waals surface area contributed by atoms with Gasteiger partial charge in [0.15, 0.2) is 16.6 Å². The van der Waals surface area contributed by atoms with Crippen molar-refractivity contribution in [2.75, 3.05) is 24.7 Å². The number of nitrogens with zero attached hydrogens (tertiary/aromatic N) is 2. The number of anilines is 1. The molecule has 0 unspecified atom stereocenters. The lowest BCUT2D eigenvalue weighted by Gasteiger charge is -2.23. The van der Waals surface area contributed by atoms with Gasteiger partial charge in [-0.05, 0) is 61.0 Å². The zero-order valence-electron chi connectivity index (χ0n) is 20.1. The summed E-state index contributed by atoms with van der Waals surface area (Å²) < 4.78 is 17.6. The smallest absolute Gasteiger partial charge is 0.301 e. The van der Waals surface area contributed by atoms with Gasteiger partial charge in [-0.15, -0.1) is 0 Å². The Kier molecular flexibility index (Phi) is 6.17. The second-order valence-corrected chi connectivity index (χ2v) is 10.1. The van der Waals surface area contributed by atoms with Crippen LogP contribution in [0, 0.1) is 0 Å². The van der Waals surface area contributed by atoms with Crippen molar-refractivity contribution in [1.82, 2.24) is 4.98 Å². The van der Waals surface area contributed by atoms with Gasteiger partial charge >= 0.3 is 5.91 Å². The SMILES string of the molecule is CCOc1ccc2nc(N3C(=O)C(=O)C(=C(O)c4ccc5c(c4)OCCO5)[C@H]3c3cccc(Cl)c3)sc2c1. The molecule has 8 nitrogen and oxygen atoms in total. The number of benzene rings is 3. The van der Waals surface area contributed by atoms with Gasteiger partial charge in [-0.25, -0.2) is 4.98 Å². The molecule has 192 valence electrons. The quantitative estimate of drug-likeness (QED) is 0.193. The van der Waals surface area contributed by atoms with Crippen LogP contribution < -0.4 is 19.1 Å². The van der Waals surface area contributed by atoms with E-state index in [0.717, 1.165) is 4.70 Å². The molecule has 2 aliphatic rings. The molecule has 0 radical (unpaired) electrons. The predicted molar refractivity (Wildman–Crippen MR) is 144 cm³/mol. The number of carbonyl (C=O) groups is 2. The zero-order valence-corrected chi connectivity index (χ0v) is 21.7. The lowest BCUT2D eigenvalue weighted by atomic mass is 9.95. The number of fused-ring (bicyclic) bond motifs is 2. The predicted octanol–water partition coefficient (Wildman–Crippen LogP) is 5.75. The minimum atomic E-state index is -0.950. The Morgan fingerprint density at radius 1 is 1.11 bits per heavy atom. The monoisotopic (exact) mass is 548 g/mol. The second kappa shape index (κ2) is 9.66. The van der Waals surface area contributed by atoms with E-state index in [1.54, 1.807) is 54.6 Å². The van der Waals surface area contributed by atoms with Gasteiger partial charge in [-0.1, -0.05) is 35.1 Å². The molecule has 1 N–H and O–H groups in total. The molecule has 4 aromatic rings. The van der Waals surface area contributed by atoms with Gasteiger partial charge in [0, 0.05) is 10.6 Å². The Morgan fingerprint density at radius 3 is 2.71 bits per heavy atom. The number of halogens is 1. The Labute approximate surface area is 226 Å². The molecule has 1 atom stereocenters. The molecule has 1 fully saturated rings. The van der Waals surface area contributed by atoms with Gasteiger partial charge < -0.3 is 19.3 Å². The van der Waals surface area contributed by atoms with E-state index in [9.17, 15) is 14.7 Å². The largest absolute Gasteiger partial charge is 0.507 e. The standard InChI is InChI=1S/C28H21ClN2O6S/c1-2-35-18-7-8-19-22(14-18)38-28(30-19)31-24(15-4-3-5-17(29)12-15)23(26(33)27(31)34)25(32)16-6-9-20-21(13-16)37-11-10-36-20/h3-9,12-14,24,32H,2,10-11H2,1H3/t24-/m1/s1. The molecule has 0 aliphatic carbocycles. The number of rotatable bonds is 5. The number of ether oxygens (including phenoxy) is 3. The molecule has 2 aliphatic heterocycles. The highest BCUT2D eigenvalue weighted by Gasteiger charge is 2.48. The first-order chi connectivity index (χ1) is 18.4. The normalized spacial score (nSPS) is 18.3. The number of aliphatic hydroxyl groups excluding tert-OH is 1. The molecule has 1 saturated heterocycles. The van der Waals surface area contributed by atoms with Crippen LogP contribution in [-0.2, 0) is 9.59 Å². The van der Waals surface area contributed by atoms with Crippen LogP contribution >= 0.6 is 22.9 Å². The van der Waals surface area contributed by atoms with Crippen molar-refractivity contribution in [3.05, 3.63) is 82.4 Å². The number of amides is 1. The highest BCUT2D eigenvalue weighted by atomic mass is 35.5. The van der Waals surface area contributed by atoms with Gasteiger partial charge in [0.2, 0.25) is 0 Å². The number of thiazole rings is 1. The molecule has 3 heterocycles. The third kappa shape index (κ3) is 4.13. The van der Waals surface area contributed by atoms with Crippen LogP contribution in [0.2, 0.25) is 5.02 Å². The molecule has 38 heavy (non-hydrogen) atoms. The van der Waals surface area contributed by atoms with Crippen LogP contribution in [-0.4, -0.2) is 41.6 Å². The summed E-state index contributed by atoms with van der Waals surface area (Å²) in [6.45, 7) is 3.20. The molecule has 3 aromatic carbocycles. The third-order valence-electron chi connectivity index (χ3n) is 6.29. The van der Waals surface area contributed by atoms with Gasteiger partial charge in [-0.3, -0.25) is 14.5 Å². The van der Waals surface area contributed by atoms with E-state index < -0.39 is 17.7 Å². The number of Topliss-reactive ketones (excluding diaryl/α,β-unsaturated/α-hetero) is 1. The summed E-state index contributed by atoms with van der Waals surface area (Å²) in [5.74, 6) is -0.268. The van der Waals surface area contributed by atoms with E-state index in [1.165, 1.54) is 16.2 Å². The summed E-state index contributed by atoms with van der Waals surface area (Å²) in [5, 5.41) is 12.2. The summed E-state index contributed by atoms with van der Waals surface area (Å²) >= 11 is 7.56. The van der Waals surface area contributed by atoms with Crippen molar-refractivity contribution in [2.24, 2.45) is 0 Å². The maximum absolute atomic E-state index is 13.5. The Hall–Kier alpha value is -4.08. The third-order valence-corrected chi connectivity index (χ3v) is 7.54. The lowest BCUT2D eigenvalue weighted by Crippen LogP contribution is -2.29. The fourth-order valence-corrected chi connectivity index (χ4v) is 5.84. The van der Waals surface area contributed by atoms with Crippen LogP contribution in [0.4, 0.5) is 5.13 Å². The maximum Gasteiger partial charge on any atom is 0.301 e. The molecular weight excluding hydrogens is 528 g/mol. The zero-order chi connectivity index (χ0) is 26.4. The summed E-state index contributed by atoms with van der Waals surface area (Å²) in [7, 11) is 0. The Bertz CT molecular complexity index is 1630. The minimum Gasteiger partial charge on any atom is -0.507 e. The van der Waals surface area contributed by atoms with Gasteiger partial charge in [0.25, 0.3) is 5.78 Å². The Morgan fingerprint density at radius 2 is 1.92 bits per heavy atom. The van der Waals surface area contributed by atoms with Crippen LogP contribution in [0.15, 0.2) is 66.2 Å². The maximum atomic E-state index is 13.5. The highest BCUT2D eigenvalue weighted by Crippen LogP contribution is 2.45. The lowest BCUT2D eigenvalue weighted by molar-refractivity contribution is -0.132. The van der Waals surface area contributed by atoms with Crippen molar-refractivity contribution in [3.63, 3.8) is 0 Å². The van der Waals surface area contributed by atoms with Crippen LogP contribution in [0.1, 0.15) is 24.1 Å². The fourth-order valence-electron chi connectivity index (χ4n) is 4.62. The average molecular weight is 549 g/mol. The first kappa shape index (κ1) is 24.3. The molecule has 1 aromatic heterocycles. The van der Waals surface area contributed by atoms with Crippen molar-refractivity contribution >= 4 is 55.7 Å². The number of ketones is 1. The molecule has 0 spiro atoms.